The lowest BCUT2D eigenvalue weighted by Gasteiger charge is -2.16. The molecule has 0 saturated carbocycles. The van der Waals surface area contributed by atoms with Gasteiger partial charge in [0.25, 0.3) is 0 Å². The maximum absolute atomic E-state index is 12.8. The molecule has 2 aromatic carbocycles. The molecule has 0 saturated heterocycles. The number of furan rings is 1. The molecule has 2 N–H and O–H groups in total. The van der Waals surface area contributed by atoms with Crippen LogP contribution in [-0.4, -0.2) is 27.9 Å². The lowest BCUT2D eigenvalue weighted by molar-refractivity contribution is -0.121. The van der Waals surface area contributed by atoms with Gasteiger partial charge in [-0.3, -0.25) is 4.79 Å². The maximum atomic E-state index is 12.8. The van der Waals surface area contributed by atoms with Crippen LogP contribution < -0.4 is 5.32 Å². The molecule has 0 radical (unpaired) electrons. The average Bonchev–Trinajstić information content (AvgIpc) is 3.29. The van der Waals surface area contributed by atoms with Gasteiger partial charge in [0.2, 0.25) is 5.91 Å². The quantitative estimate of drug-likeness (QED) is 0.474. The van der Waals surface area contributed by atoms with E-state index in [1.165, 1.54) is 0 Å². The van der Waals surface area contributed by atoms with Gasteiger partial charge in [-0.1, -0.05) is 24.3 Å². The third kappa shape index (κ3) is 3.92. The number of H-pyrrole nitrogens is 1. The highest BCUT2D eigenvalue weighted by molar-refractivity contribution is 7.98. The van der Waals surface area contributed by atoms with Crippen LogP contribution in [0.3, 0.4) is 0 Å². The summed E-state index contributed by atoms with van der Waals surface area (Å²) in [7, 11) is 0. The van der Waals surface area contributed by atoms with Crippen molar-refractivity contribution >= 4 is 39.7 Å². The third-order valence-electron chi connectivity index (χ3n) is 4.85. The van der Waals surface area contributed by atoms with Crippen molar-refractivity contribution in [2.75, 3.05) is 12.0 Å². The summed E-state index contributed by atoms with van der Waals surface area (Å²) >= 11 is 1.76. The molecular formula is C22H23N3O2S. The van der Waals surface area contributed by atoms with Crippen LogP contribution in [0.5, 0.6) is 0 Å². The van der Waals surface area contributed by atoms with E-state index in [4.69, 9.17) is 4.42 Å². The fourth-order valence-electron chi connectivity index (χ4n) is 3.40. The molecule has 0 aliphatic heterocycles. The molecule has 0 spiro atoms. The van der Waals surface area contributed by atoms with Crippen molar-refractivity contribution in [3.8, 4) is 0 Å². The second kappa shape index (κ2) is 8.10. The summed E-state index contributed by atoms with van der Waals surface area (Å²) in [4.78, 5) is 20.8. The number of carbonyl (C=O) groups excluding carboxylic acids is 1. The second-order valence-electron chi connectivity index (χ2n) is 6.98. The van der Waals surface area contributed by atoms with Crippen molar-refractivity contribution in [1.29, 1.82) is 0 Å². The molecule has 4 aromatic rings. The number of aromatic nitrogens is 2. The molecule has 0 fully saturated rings. The smallest absolute Gasteiger partial charge is 0.225 e. The number of benzene rings is 2. The average molecular weight is 394 g/mol. The summed E-state index contributed by atoms with van der Waals surface area (Å²) in [6.45, 7) is 2.03. The number of amides is 1. The Morgan fingerprint density at radius 3 is 2.96 bits per heavy atom. The summed E-state index contributed by atoms with van der Waals surface area (Å²) in [6, 6.07) is 13.8. The number of aryl methyl sites for hydroxylation is 1. The van der Waals surface area contributed by atoms with Crippen molar-refractivity contribution < 1.29 is 9.21 Å². The highest BCUT2D eigenvalue weighted by atomic mass is 32.2. The number of hydrogen-bond acceptors (Lipinski definition) is 4. The number of nitrogens with one attached hydrogen (secondary N) is 2. The van der Waals surface area contributed by atoms with Crippen LogP contribution >= 0.6 is 11.8 Å². The largest absolute Gasteiger partial charge is 0.464 e. The summed E-state index contributed by atoms with van der Waals surface area (Å²) in [5.41, 5.74) is 4.76. The van der Waals surface area contributed by atoms with Gasteiger partial charge >= 0.3 is 0 Å². The Morgan fingerprint density at radius 1 is 1.29 bits per heavy atom. The zero-order valence-corrected chi connectivity index (χ0v) is 16.8. The first-order valence-corrected chi connectivity index (χ1v) is 10.7. The molecule has 0 aliphatic carbocycles. The van der Waals surface area contributed by atoms with Crippen LogP contribution in [0.4, 0.5) is 0 Å². The van der Waals surface area contributed by atoms with Crippen molar-refractivity contribution in [2.24, 2.45) is 0 Å². The van der Waals surface area contributed by atoms with E-state index in [0.717, 1.165) is 51.1 Å². The molecule has 144 valence electrons. The van der Waals surface area contributed by atoms with Gasteiger partial charge in [-0.15, -0.1) is 0 Å². The minimum atomic E-state index is -0.146. The summed E-state index contributed by atoms with van der Waals surface area (Å²) in [6.07, 6.45) is 4.85. The summed E-state index contributed by atoms with van der Waals surface area (Å²) < 4.78 is 5.62. The number of hydrogen-bond donors (Lipinski definition) is 2. The molecule has 0 aliphatic rings. The molecule has 1 atom stereocenters. The number of rotatable bonds is 7. The Labute approximate surface area is 167 Å². The van der Waals surface area contributed by atoms with Crippen molar-refractivity contribution in [3.63, 3.8) is 0 Å². The molecule has 28 heavy (non-hydrogen) atoms. The number of fused-ring (bicyclic) bond motifs is 2. The van der Waals surface area contributed by atoms with Crippen molar-refractivity contribution in [1.82, 2.24) is 15.3 Å². The molecule has 4 rings (SSSR count). The Kier molecular flexibility index (Phi) is 5.39. The van der Waals surface area contributed by atoms with Gasteiger partial charge in [-0.2, -0.15) is 11.8 Å². The number of nitrogens with zero attached hydrogens (tertiary/aromatic N) is 1. The Hall–Kier alpha value is -2.73. The van der Waals surface area contributed by atoms with Crippen LogP contribution in [0.1, 0.15) is 29.4 Å². The molecule has 2 aromatic heterocycles. The van der Waals surface area contributed by atoms with Gasteiger partial charge in [-0.05, 0) is 49.1 Å². The third-order valence-corrected chi connectivity index (χ3v) is 5.49. The highest BCUT2D eigenvalue weighted by Crippen LogP contribution is 2.24. The standard InChI is InChI=1S/C22H23N3O2S/c1-14-7-8-16-15(13-27-20(16)11-14)12-21(26)23-19(9-10-28-2)22-24-17-5-3-4-6-18(17)25-22/h3-8,11,13,19H,9-10,12H2,1-2H3,(H,23,26)(H,24,25). The van der Waals surface area contributed by atoms with E-state index in [1.54, 1.807) is 18.0 Å². The number of aromatic amines is 1. The fraction of sp³-hybridized carbons (Fsp3) is 0.273. The molecule has 5 nitrogen and oxygen atoms in total. The zero-order valence-electron chi connectivity index (χ0n) is 16.0. The van der Waals surface area contributed by atoms with E-state index in [0.29, 0.717) is 0 Å². The molecule has 1 unspecified atom stereocenters. The Bertz CT molecular complexity index is 1080. The second-order valence-corrected chi connectivity index (χ2v) is 7.96. The summed E-state index contributed by atoms with van der Waals surface area (Å²) in [5, 5.41) is 4.15. The van der Waals surface area contributed by atoms with E-state index in [9.17, 15) is 4.79 Å². The van der Waals surface area contributed by atoms with Crippen LogP contribution in [0, 0.1) is 6.92 Å². The van der Waals surface area contributed by atoms with Gasteiger partial charge in [0.1, 0.15) is 11.4 Å². The molecule has 1 amide bonds. The molecule has 0 bridgehead atoms. The zero-order chi connectivity index (χ0) is 19.5. The van der Waals surface area contributed by atoms with E-state index in [-0.39, 0.29) is 18.4 Å². The first kappa shape index (κ1) is 18.6. The first-order valence-electron chi connectivity index (χ1n) is 9.33. The Morgan fingerprint density at radius 2 is 2.14 bits per heavy atom. The number of imidazole rings is 1. The van der Waals surface area contributed by atoms with E-state index in [1.807, 2.05) is 49.4 Å². The number of thioether (sulfide) groups is 1. The van der Waals surface area contributed by atoms with Gasteiger partial charge in [0.05, 0.1) is 29.8 Å². The normalized spacial score (nSPS) is 12.5. The van der Waals surface area contributed by atoms with Crippen molar-refractivity contribution in [3.05, 3.63) is 65.7 Å². The van der Waals surface area contributed by atoms with Gasteiger partial charge < -0.3 is 14.7 Å². The lowest BCUT2D eigenvalue weighted by Crippen LogP contribution is -2.31. The minimum absolute atomic E-state index is 0.0326. The Balaban J connectivity index is 1.53. The molecule has 6 heteroatoms. The maximum Gasteiger partial charge on any atom is 0.225 e. The number of para-hydroxylation sites is 2. The topological polar surface area (TPSA) is 70.9 Å². The van der Waals surface area contributed by atoms with Crippen molar-refractivity contribution in [2.45, 2.75) is 25.8 Å². The van der Waals surface area contributed by atoms with Crippen LogP contribution in [0.2, 0.25) is 0 Å². The monoisotopic (exact) mass is 393 g/mol. The van der Waals surface area contributed by atoms with Gasteiger partial charge in [0, 0.05) is 10.9 Å². The first-order chi connectivity index (χ1) is 13.6. The van der Waals surface area contributed by atoms with E-state index < -0.39 is 0 Å². The van der Waals surface area contributed by atoms with Crippen LogP contribution in [-0.2, 0) is 11.2 Å². The van der Waals surface area contributed by atoms with Gasteiger partial charge in [0.15, 0.2) is 0 Å². The highest BCUT2D eigenvalue weighted by Gasteiger charge is 2.19. The number of carbonyl (C=O) groups is 1. The SMILES string of the molecule is CSCCC(NC(=O)Cc1coc2cc(C)ccc12)c1nc2ccccc2[nH]1. The van der Waals surface area contributed by atoms with E-state index in [2.05, 4.69) is 21.5 Å². The predicted molar refractivity (Wildman–Crippen MR) is 115 cm³/mol. The lowest BCUT2D eigenvalue weighted by atomic mass is 10.1. The fourth-order valence-corrected chi connectivity index (χ4v) is 3.87. The van der Waals surface area contributed by atoms with E-state index >= 15 is 0 Å². The molecular weight excluding hydrogens is 370 g/mol. The predicted octanol–water partition coefficient (Wildman–Crippen LogP) is 4.77. The van der Waals surface area contributed by atoms with Crippen LogP contribution in [0.25, 0.3) is 22.0 Å². The minimum Gasteiger partial charge on any atom is -0.464 e. The van der Waals surface area contributed by atoms with Crippen LogP contribution in [0.15, 0.2) is 53.1 Å². The van der Waals surface area contributed by atoms with Gasteiger partial charge in [-0.25, -0.2) is 4.98 Å². The molecule has 2 heterocycles. The summed E-state index contributed by atoms with van der Waals surface area (Å²) in [5.74, 6) is 1.71.